The molecule has 0 aliphatic heterocycles. The Balaban J connectivity index is 0. The van der Waals surface area contributed by atoms with Crippen LogP contribution in [-0.4, -0.2) is 58.8 Å². The van der Waals surface area contributed by atoms with Crippen LogP contribution in [0.5, 0.6) is 0 Å². The van der Waals surface area contributed by atoms with Gasteiger partial charge < -0.3 is 10.2 Å². The zero-order valence-corrected chi connectivity index (χ0v) is 11.3. The van der Waals surface area contributed by atoms with E-state index in [0.717, 1.165) is 0 Å². The molecule has 0 fully saturated rings. The fraction of sp³-hybridized carbons (Fsp3) is 1.00. The summed E-state index contributed by atoms with van der Waals surface area (Å²) in [6.07, 6.45) is 0. The van der Waals surface area contributed by atoms with E-state index >= 15 is 0 Å². The fourth-order valence-electron chi connectivity index (χ4n) is 0.357. The minimum atomic E-state index is -5.01. The van der Waals surface area contributed by atoms with Gasteiger partial charge in [0.25, 0.3) is 0 Å². The molecule has 0 aliphatic carbocycles. The van der Waals surface area contributed by atoms with Gasteiger partial charge in [-0.1, -0.05) is 0 Å². The predicted molar refractivity (Wildman–Crippen MR) is 39.4 cm³/mol. The molecule has 0 saturated heterocycles. The van der Waals surface area contributed by atoms with E-state index < -0.39 is 49.5 Å². The molecular weight excluding hydrogens is 304 g/mol. The van der Waals surface area contributed by atoms with Gasteiger partial charge in [-0.15, -0.1) is 0 Å². The average Bonchev–Trinajstić information content (AvgIpc) is 2.10. The van der Waals surface area contributed by atoms with Crippen LogP contribution in [0.15, 0.2) is 0 Å². The van der Waals surface area contributed by atoms with Crippen molar-refractivity contribution >= 4 is 0 Å². The van der Waals surface area contributed by atoms with Crippen LogP contribution in [0.3, 0.4) is 0 Å². The molecule has 0 atom stereocenters. The number of aliphatic hydroxyl groups is 2. The third-order valence-electron chi connectivity index (χ3n) is 0.775. The van der Waals surface area contributed by atoms with Gasteiger partial charge in [0.15, 0.2) is 0 Å². The molecule has 0 aromatic heterocycles. The summed E-state index contributed by atoms with van der Waals surface area (Å²) in [6, 6.07) is 0. The minimum absolute atomic E-state index is 0.125. The van der Waals surface area contributed by atoms with Crippen molar-refractivity contribution in [1.29, 1.82) is 0 Å². The number of aliphatic hydroxyl groups excluding tert-OH is 2. The second-order valence-electron chi connectivity index (χ2n) is 2.29. The summed E-state index contributed by atoms with van der Waals surface area (Å²) in [6.45, 7) is -1.11. The van der Waals surface area contributed by atoms with Crippen molar-refractivity contribution in [2.24, 2.45) is 0 Å². The van der Waals surface area contributed by atoms with Crippen LogP contribution in [0.4, 0.5) is 0 Å². The number of hydrogen-bond acceptors (Lipinski definition) is 10. The van der Waals surface area contributed by atoms with Crippen LogP contribution in [-0.2, 0) is 42.9 Å². The summed E-state index contributed by atoms with van der Waals surface area (Å²) in [5.41, 5.74) is 0. The Morgan fingerprint density at radius 1 is 0.625 bits per heavy atom. The van der Waals surface area contributed by atoms with Gasteiger partial charge in [0.1, 0.15) is 0 Å². The Hall–Kier alpha value is 1.03. The molecule has 0 aromatic carbocycles. The van der Waals surface area contributed by atoms with Crippen molar-refractivity contribution in [2.75, 3.05) is 26.4 Å². The number of hydrogen-bond donors (Lipinski definition) is 8. The van der Waals surface area contributed by atoms with Gasteiger partial charge >= 0.3 is 78.3 Å². The first-order chi connectivity index (χ1) is 7.12. The molecule has 0 unspecified atom stereocenters. The maximum absolute atomic E-state index is 8.30. The van der Waals surface area contributed by atoms with E-state index in [1.165, 1.54) is 0 Å². The fourth-order valence-corrected chi connectivity index (χ4v) is 1.47. The molecule has 0 aromatic rings. The van der Waals surface area contributed by atoms with Crippen LogP contribution in [0.1, 0.15) is 0 Å². The molecule has 12 heteroatoms. The molecule has 8 N–H and O–H groups in total. The molecule has 0 bridgehead atoms. The van der Waals surface area contributed by atoms with Crippen LogP contribution >= 0.6 is 0 Å². The molecule has 16 heavy (non-hydrogen) atoms. The van der Waals surface area contributed by atoms with Gasteiger partial charge in [-0.05, 0) is 0 Å². The van der Waals surface area contributed by atoms with Crippen molar-refractivity contribution in [3.8, 4) is 0 Å². The Morgan fingerprint density at radius 3 is 1.00 bits per heavy atom. The topological polar surface area (TPSA) is 180 Å². The summed E-state index contributed by atoms with van der Waals surface area (Å²) in [5, 5.41) is 15.2. The van der Waals surface area contributed by atoms with Gasteiger partial charge in [0.2, 0.25) is 0 Å². The first kappa shape index (κ1) is 19.4. The Kier molecular flexibility index (Phi) is 12.1. The summed E-state index contributed by atoms with van der Waals surface area (Å²) in [5.74, 6) is 0. The van der Waals surface area contributed by atoms with Crippen molar-refractivity contribution in [1.82, 2.24) is 0 Å². The molecule has 10 nitrogen and oxygen atoms in total. The SMILES string of the molecule is OCCO.[OH][Ti]([OH])([OH])[O]CC[O][Ti]([OH])([OH])[OH]. The molecule has 0 rings (SSSR count). The summed E-state index contributed by atoms with van der Waals surface area (Å²) in [4.78, 5) is 0. The van der Waals surface area contributed by atoms with E-state index in [9.17, 15) is 0 Å². The van der Waals surface area contributed by atoms with E-state index in [1.54, 1.807) is 0 Å². The summed E-state index contributed by atoms with van der Waals surface area (Å²) >= 11 is -10.0. The van der Waals surface area contributed by atoms with Crippen molar-refractivity contribution < 1.29 is 75.3 Å². The van der Waals surface area contributed by atoms with E-state index in [-0.39, 0.29) is 13.2 Å². The first-order valence-electron chi connectivity index (χ1n) is 3.96. The van der Waals surface area contributed by atoms with Crippen LogP contribution in [0.2, 0.25) is 0 Å². The van der Waals surface area contributed by atoms with Crippen LogP contribution < -0.4 is 0 Å². The van der Waals surface area contributed by atoms with E-state index in [0.29, 0.717) is 0 Å². The zero-order valence-electron chi connectivity index (χ0n) is 8.22. The van der Waals surface area contributed by atoms with Gasteiger partial charge in [0.05, 0.1) is 13.2 Å². The molecule has 0 heterocycles. The molecule has 0 spiro atoms. The van der Waals surface area contributed by atoms with E-state index in [4.69, 9.17) is 32.3 Å². The van der Waals surface area contributed by atoms with Crippen molar-refractivity contribution in [3.05, 3.63) is 0 Å². The van der Waals surface area contributed by atoms with Crippen LogP contribution in [0.25, 0.3) is 0 Å². The third kappa shape index (κ3) is 24.3. The first-order valence-corrected chi connectivity index (χ1v) is 9.42. The normalized spacial score (nSPS) is 12.0. The Labute approximate surface area is 101 Å². The summed E-state index contributed by atoms with van der Waals surface area (Å²) in [7, 11) is 0. The molecule has 0 radical (unpaired) electrons. The van der Waals surface area contributed by atoms with Crippen molar-refractivity contribution in [2.45, 2.75) is 0 Å². The number of rotatable bonds is 6. The monoisotopic (exact) mass is 320 g/mol. The van der Waals surface area contributed by atoms with E-state index in [2.05, 4.69) is 6.64 Å². The van der Waals surface area contributed by atoms with Crippen LogP contribution in [0, 0.1) is 0 Å². The molecule has 100 valence electrons. The zero-order chi connectivity index (χ0) is 13.2. The standard InChI is InChI=1S/C2H6O2.C2H4O2.6H2O.2Ti/c2*3-1-2-4;;;;;;;;/h3-4H,1-2H2;1-2H2;6*1H2;;/q;-2;;;;;;;2*+4/p-6. The second kappa shape index (κ2) is 10.00. The Bertz CT molecular complexity index is 134. The van der Waals surface area contributed by atoms with Gasteiger partial charge in [-0.25, -0.2) is 0 Å². The van der Waals surface area contributed by atoms with Gasteiger partial charge in [0, 0.05) is 0 Å². The second-order valence-corrected chi connectivity index (χ2v) is 6.78. The molecule has 0 saturated carbocycles. The van der Waals surface area contributed by atoms with E-state index in [1.807, 2.05) is 0 Å². The molecule has 0 aliphatic rings. The summed E-state index contributed by atoms with van der Waals surface area (Å²) < 4.78 is 57.9. The maximum atomic E-state index is 8.30. The average molecular weight is 320 g/mol. The third-order valence-corrected chi connectivity index (χ3v) is 2.62. The molecular formula is C4H16O10Ti2. The van der Waals surface area contributed by atoms with Gasteiger partial charge in [-0.2, -0.15) is 0 Å². The van der Waals surface area contributed by atoms with Gasteiger partial charge in [-0.3, -0.25) is 0 Å². The van der Waals surface area contributed by atoms with Crippen molar-refractivity contribution in [3.63, 3.8) is 0 Å². The quantitative estimate of drug-likeness (QED) is 0.176. The Morgan fingerprint density at radius 2 is 0.875 bits per heavy atom. The molecule has 0 amide bonds. The predicted octanol–water partition coefficient (Wildman–Crippen LogP) is -4.43.